The van der Waals surface area contributed by atoms with Gasteiger partial charge in [-0.05, 0) is 88.8 Å². The molecule has 4 heteroatoms. The van der Waals surface area contributed by atoms with Crippen LogP contribution in [0, 0.1) is 12.3 Å². The molecule has 0 atom stereocenters. The molecule has 0 spiro atoms. The Balaban J connectivity index is 0.000000257. The molecule has 0 aliphatic rings. The van der Waals surface area contributed by atoms with Crippen molar-refractivity contribution >= 4 is 40.9 Å². The second-order valence-electron chi connectivity index (χ2n) is 14.8. The lowest BCUT2D eigenvalue weighted by Gasteiger charge is -2.19. The number of benzene rings is 7. The molecular formula is C52H48N4. The molecule has 0 saturated heterocycles. The molecule has 0 aliphatic carbocycles. The third-order valence-electron chi connectivity index (χ3n) is 9.62. The first kappa shape index (κ1) is 38.9. The van der Waals surface area contributed by atoms with E-state index in [-0.39, 0.29) is 11.3 Å². The molecule has 0 aliphatic heterocycles. The summed E-state index contributed by atoms with van der Waals surface area (Å²) in [6.45, 7) is 16.4. The molecule has 7 aromatic carbocycles. The number of rotatable bonds is 6. The van der Waals surface area contributed by atoms with Crippen LogP contribution in [0.4, 0.5) is 0 Å². The fourth-order valence-corrected chi connectivity index (χ4v) is 6.57. The van der Waals surface area contributed by atoms with Crippen molar-refractivity contribution < 1.29 is 0 Å². The maximum absolute atomic E-state index is 7.25. The van der Waals surface area contributed by atoms with Crippen molar-refractivity contribution in [3.05, 3.63) is 198 Å². The van der Waals surface area contributed by atoms with Gasteiger partial charge in [0.25, 0.3) is 0 Å². The Labute approximate surface area is 331 Å². The molecule has 1 N–H and O–H groups in total. The number of aryl methyl sites for hydroxylation is 1. The fraction of sp³-hybridized carbons (Fsp3) is 0.115. The number of fused-ring (bicyclic) bond motifs is 3. The lowest BCUT2D eigenvalue weighted by Crippen LogP contribution is -2.10. The number of pyridine rings is 1. The van der Waals surface area contributed by atoms with Gasteiger partial charge >= 0.3 is 0 Å². The van der Waals surface area contributed by atoms with Gasteiger partial charge in [-0.1, -0.05) is 178 Å². The molecule has 0 radical (unpaired) electrons. The first-order chi connectivity index (χ1) is 27.1. The van der Waals surface area contributed by atoms with Gasteiger partial charge in [0.15, 0.2) is 5.84 Å². The van der Waals surface area contributed by atoms with E-state index in [1.54, 1.807) is 0 Å². The van der Waals surface area contributed by atoms with Crippen molar-refractivity contribution in [2.45, 2.75) is 39.7 Å². The molecule has 0 bridgehead atoms. The van der Waals surface area contributed by atoms with Gasteiger partial charge in [-0.25, -0.2) is 9.98 Å². The van der Waals surface area contributed by atoms with E-state index in [0.717, 1.165) is 27.9 Å². The third-order valence-corrected chi connectivity index (χ3v) is 9.62. The number of nitrogens with zero attached hydrogens (tertiary/aromatic N) is 3. The molecule has 8 aromatic rings. The van der Waals surface area contributed by atoms with Crippen LogP contribution in [0.1, 0.15) is 43.0 Å². The normalized spacial score (nSPS) is 10.8. The summed E-state index contributed by atoms with van der Waals surface area (Å²) in [6, 6.07) is 60.9. The van der Waals surface area contributed by atoms with Crippen LogP contribution in [-0.2, 0) is 12.0 Å². The van der Waals surface area contributed by atoms with Gasteiger partial charge in [0.1, 0.15) is 0 Å². The highest BCUT2D eigenvalue weighted by molar-refractivity contribution is 6.10. The maximum atomic E-state index is 7.25. The van der Waals surface area contributed by atoms with Gasteiger partial charge in [0.05, 0.1) is 17.8 Å². The minimum atomic E-state index is 0.130. The van der Waals surface area contributed by atoms with Crippen LogP contribution in [0.2, 0.25) is 0 Å². The number of aliphatic imine (C=N–C) groups is 2. The summed E-state index contributed by atoms with van der Waals surface area (Å²) < 4.78 is 0. The van der Waals surface area contributed by atoms with Crippen molar-refractivity contribution in [2.24, 2.45) is 9.98 Å². The Morgan fingerprint density at radius 2 is 1.05 bits per heavy atom. The number of nitrogens with one attached hydrogen (secondary N) is 1. The maximum Gasteiger partial charge on any atom is 0.151 e. The summed E-state index contributed by atoms with van der Waals surface area (Å²) in [7, 11) is 0. The van der Waals surface area contributed by atoms with Crippen LogP contribution >= 0.6 is 0 Å². The standard InChI is InChI=1S/C37H32N2.C8H8N2.C7H8/c1-37(2,3)31-19-17-27(18-20-31)30-22-25(24-38-4)21-29(23-30)26-13-15-28(16-14-26)36-34-11-6-5-9-32(34)33-10-7-8-12-35(33)39-36;1-10-8(9)7-5-3-2-4-6-7;1-7-5-3-2-4-6-7/h5-23H,4,24H2,1-3H3;2-6,9H,1H2;2-6H,1H3. The van der Waals surface area contributed by atoms with E-state index in [0.29, 0.717) is 6.54 Å². The zero-order valence-corrected chi connectivity index (χ0v) is 32.7. The quantitative estimate of drug-likeness (QED) is 0.103. The molecule has 1 aromatic heterocycles. The molecule has 0 amide bonds. The number of amidine groups is 1. The number of para-hydroxylation sites is 1. The molecule has 276 valence electrons. The summed E-state index contributed by atoms with van der Waals surface area (Å²) >= 11 is 0. The van der Waals surface area contributed by atoms with Gasteiger partial charge in [0.2, 0.25) is 0 Å². The monoisotopic (exact) mass is 728 g/mol. The van der Waals surface area contributed by atoms with Crippen LogP contribution in [0.5, 0.6) is 0 Å². The van der Waals surface area contributed by atoms with Crippen molar-refractivity contribution in [3.8, 4) is 33.5 Å². The van der Waals surface area contributed by atoms with E-state index in [4.69, 9.17) is 10.4 Å². The third kappa shape index (κ3) is 9.65. The highest BCUT2D eigenvalue weighted by atomic mass is 14.8. The zero-order valence-electron chi connectivity index (χ0n) is 32.7. The van der Waals surface area contributed by atoms with E-state index in [1.807, 2.05) is 48.5 Å². The van der Waals surface area contributed by atoms with Crippen molar-refractivity contribution in [1.29, 1.82) is 5.41 Å². The fourth-order valence-electron chi connectivity index (χ4n) is 6.57. The Bertz CT molecular complexity index is 2570. The molecule has 8 rings (SSSR count). The SMILES string of the molecule is C=NC(=N)c1ccccc1.C=NCc1cc(-c2ccc(-c3nc4ccccc4c4ccccc34)cc2)cc(-c2ccc(C(C)(C)C)cc2)c1.Cc1ccccc1. The second-order valence-corrected chi connectivity index (χ2v) is 14.8. The minimum Gasteiger partial charge on any atom is -0.296 e. The molecule has 0 unspecified atom stereocenters. The average Bonchev–Trinajstić information content (AvgIpc) is 3.24. The van der Waals surface area contributed by atoms with Crippen LogP contribution in [0.15, 0.2) is 186 Å². The average molecular weight is 729 g/mol. The van der Waals surface area contributed by atoms with Crippen LogP contribution in [0.3, 0.4) is 0 Å². The van der Waals surface area contributed by atoms with Crippen LogP contribution in [0.25, 0.3) is 55.2 Å². The van der Waals surface area contributed by atoms with E-state index in [2.05, 4.69) is 179 Å². The smallest absolute Gasteiger partial charge is 0.151 e. The molecule has 56 heavy (non-hydrogen) atoms. The minimum absolute atomic E-state index is 0.130. The Morgan fingerprint density at radius 1 is 0.554 bits per heavy atom. The Kier molecular flexibility index (Phi) is 12.5. The number of aromatic nitrogens is 1. The summed E-state index contributed by atoms with van der Waals surface area (Å²) in [5.41, 5.74) is 12.6. The van der Waals surface area contributed by atoms with E-state index < -0.39 is 0 Å². The summed E-state index contributed by atoms with van der Waals surface area (Å²) in [5.74, 6) is 0.223. The lowest BCUT2D eigenvalue weighted by atomic mass is 9.86. The predicted octanol–water partition coefficient (Wildman–Crippen LogP) is 13.6. The summed E-state index contributed by atoms with van der Waals surface area (Å²) in [4.78, 5) is 12.7. The second kappa shape index (κ2) is 18.0. The van der Waals surface area contributed by atoms with Crippen LogP contribution < -0.4 is 0 Å². The van der Waals surface area contributed by atoms with Gasteiger partial charge < -0.3 is 0 Å². The van der Waals surface area contributed by atoms with Crippen molar-refractivity contribution in [3.63, 3.8) is 0 Å². The van der Waals surface area contributed by atoms with Gasteiger partial charge in [-0.15, -0.1) is 0 Å². The Morgan fingerprint density at radius 3 is 1.59 bits per heavy atom. The first-order valence-electron chi connectivity index (χ1n) is 18.8. The zero-order chi connectivity index (χ0) is 39.5. The van der Waals surface area contributed by atoms with Crippen molar-refractivity contribution in [1.82, 2.24) is 4.98 Å². The van der Waals surface area contributed by atoms with Crippen molar-refractivity contribution in [2.75, 3.05) is 0 Å². The molecule has 0 saturated carbocycles. The van der Waals surface area contributed by atoms with E-state index in [1.165, 1.54) is 49.5 Å². The molecule has 4 nitrogen and oxygen atoms in total. The predicted molar refractivity (Wildman–Crippen MR) is 242 cm³/mol. The molecule has 0 fully saturated rings. The highest BCUT2D eigenvalue weighted by Crippen LogP contribution is 2.35. The number of hydrogen-bond acceptors (Lipinski definition) is 3. The van der Waals surface area contributed by atoms with E-state index >= 15 is 0 Å². The largest absolute Gasteiger partial charge is 0.296 e. The van der Waals surface area contributed by atoms with Gasteiger partial charge in [-0.2, -0.15) is 0 Å². The molecule has 1 heterocycles. The van der Waals surface area contributed by atoms with Gasteiger partial charge in [-0.3, -0.25) is 10.4 Å². The van der Waals surface area contributed by atoms with Gasteiger partial charge in [0, 0.05) is 21.9 Å². The Hall–Kier alpha value is -6.78. The number of hydrogen-bond donors (Lipinski definition) is 1. The highest BCUT2D eigenvalue weighted by Gasteiger charge is 2.14. The summed E-state index contributed by atoms with van der Waals surface area (Å²) in [5, 5.41) is 10.8. The van der Waals surface area contributed by atoms with E-state index in [9.17, 15) is 0 Å². The summed E-state index contributed by atoms with van der Waals surface area (Å²) in [6.07, 6.45) is 0. The lowest BCUT2D eigenvalue weighted by molar-refractivity contribution is 0.590. The molecular weight excluding hydrogens is 681 g/mol. The first-order valence-corrected chi connectivity index (χ1v) is 18.8. The topological polar surface area (TPSA) is 61.5 Å². The van der Waals surface area contributed by atoms with Crippen LogP contribution in [-0.4, -0.2) is 24.3 Å².